The number of carbonyl (C=O) groups excluding carboxylic acids is 3. The molecule has 4 aliphatic heterocycles. The van der Waals surface area contributed by atoms with Gasteiger partial charge in [-0.1, -0.05) is 6.07 Å². The fraction of sp³-hybridized carbons (Fsp3) is 0.481. The molecule has 6 aromatic rings. The SMILES string of the molecule is CNc1ccn(-c2ccnc3c2cc(CN2CCC(c4c(F)cc(C(=O)N5CCC(CN6CCN(Cc7ccc8c(c7)n(C7CC7)c(=O)n8[C@@H]7CCC(=O)NC7=O)C[C@@H]6C)CC5)cc4F)CC2)n3C)c(=O)c1. The number of pyridine rings is 2. The summed E-state index contributed by atoms with van der Waals surface area (Å²) in [6, 6.07) is 15.6. The number of amides is 3. The highest BCUT2D eigenvalue weighted by Gasteiger charge is 2.36. The van der Waals surface area contributed by atoms with E-state index in [1.165, 1.54) is 12.1 Å². The van der Waals surface area contributed by atoms with Crippen LogP contribution in [0.25, 0.3) is 27.8 Å². The van der Waals surface area contributed by atoms with E-state index in [0.717, 1.165) is 103 Å². The van der Waals surface area contributed by atoms with Gasteiger partial charge in [-0.3, -0.25) is 52.9 Å². The molecule has 0 unspecified atom stereocenters. The maximum absolute atomic E-state index is 15.9. The van der Waals surface area contributed by atoms with Crippen molar-refractivity contribution < 1.29 is 23.2 Å². The Labute approximate surface area is 416 Å². The molecule has 378 valence electrons. The fourth-order valence-electron chi connectivity index (χ4n) is 12.0. The van der Waals surface area contributed by atoms with Crippen LogP contribution in [0.15, 0.2) is 76.6 Å². The van der Waals surface area contributed by atoms with Crippen LogP contribution >= 0.6 is 0 Å². The van der Waals surface area contributed by atoms with Crippen molar-refractivity contribution >= 4 is 45.5 Å². The normalized spacial score (nSPS) is 21.3. The molecule has 0 spiro atoms. The van der Waals surface area contributed by atoms with Gasteiger partial charge in [0.15, 0.2) is 0 Å². The van der Waals surface area contributed by atoms with Gasteiger partial charge in [-0.2, -0.15) is 0 Å². The Kier molecular flexibility index (Phi) is 12.9. The first kappa shape index (κ1) is 47.8. The first-order valence-electron chi connectivity index (χ1n) is 25.7. The van der Waals surface area contributed by atoms with Gasteiger partial charge < -0.3 is 14.8 Å². The molecule has 18 heteroatoms. The van der Waals surface area contributed by atoms with Crippen LogP contribution < -0.4 is 21.9 Å². The number of piperidine rings is 3. The molecule has 5 aliphatic rings. The Morgan fingerprint density at radius 3 is 2.26 bits per heavy atom. The topological polar surface area (TPSA) is 155 Å². The van der Waals surface area contributed by atoms with E-state index in [1.807, 2.05) is 34.4 Å². The smallest absolute Gasteiger partial charge is 0.330 e. The summed E-state index contributed by atoms with van der Waals surface area (Å²) in [5.74, 6) is -2.27. The van der Waals surface area contributed by atoms with E-state index in [1.54, 1.807) is 39.5 Å². The van der Waals surface area contributed by atoms with Crippen LogP contribution in [0.3, 0.4) is 0 Å². The molecule has 11 rings (SSSR count). The molecule has 1 aliphatic carbocycles. The number of likely N-dealkylation sites (tertiary alicyclic amines) is 2. The average Bonchev–Trinajstić information content (AvgIpc) is 4.10. The van der Waals surface area contributed by atoms with Gasteiger partial charge in [0.1, 0.15) is 23.3 Å². The minimum atomic E-state index is -0.701. The van der Waals surface area contributed by atoms with Crippen LogP contribution in [0.5, 0.6) is 0 Å². The minimum absolute atomic E-state index is 0.0558. The second-order valence-corrected chi connectivity index (χ2v) is 20.9. The van der Waals surface area contributed by atoms with E-state index >= 15 is 8.78 Å². The average molecular weight is 984 g/mol. The first-order chi connectivity index (χ1) is 34.8. The van der Waals surface area contributed by atoms with Gasteiger partial charge in [0.05, 0.1) is 16.7 Å². The van der Waals surface area contributed by atoms with E-state index in [0.29, 0.717) is 63.9 Å². The number of nitrogens with one attached hydrogen (secondary N) is 2. The van der Waals surface area contributed by atoms with Crippen LogP contribution in [0.2, 0.25) is 0 Å². The molecular weight excluding hydrogens is 921 g/mol. The maximum atomic E-state index is 15.9. The second-order valence-electron chi connectivity index (χ2n) is 20.9. The largest absolute Gasteiger partial charge is 0.388 e. The van der Waals surface area contributed by atoms with Gasteiger partial charge in [0.2, 0.25) is 11.8 Å². The first-order valence-corrected chi connectivity index (χ1v) is 25.7. The quantitative estimate of drug-likeness (QED) is 0.142. The molecule has 8 heterocycles. The number of hydrogen-bond acceptors (Lipinski definition) is 10. The standard InChI is InChI=1S/C54H63F2N11O5/c1-33-29-62(30-35-4-7-45-47(24-35)66(39-5-6-39)54(72)67(45)46-8-9-48(68)59-52(46)70)22-23-64(33)31-34-11-19-63(20-12-34)53(71)37-25-42(55)50(43(56)26-37)36-13-17-61(18-14-36)32-40-28-41-44(10-16-58-51(41)60(40)3)65-21-15-38(57-2)27-49(65)69/h4,7,10,15-16,21,24-28,33-34,36,39,46,57H,5-6,8-9,11-14,17-20,22-23,29-32H2,1-3H3,(H,59,68,70)/t33-,46+/m0/s1. The number of fused-ring (bicyclic) bond motifs is 2. The van der Waals surface area contributed by atoms with Gasteiger partial charge in [-0.25, -0.2) is 18.6 Å². The van der Waals surface area contributed by atoms with Gasteiger partial charge in [0, 0.05) is 131 Å². The summed E-state index contributed by atoms with van der Waals surface area (Å²) in [5.41, 5.74) is 5.75. The molecule has 1 saturated carbocycles. The monoisotopic (exact) mass is 983 g/mol. The number of piperazine rings is 1. The van der Waals surface area contributed by atoms with Crippen LogP contribution in [0, 0.1) is 17.6 Å². The van der Waals surface area contributed by atoms with Crippen LogP contribution in [-0.2, 0) is 29.7 Å². The van der Waals surface area contributed by atoms with Crippen LogP contribution in [-0.4, -0.2) is 126 Å². The number of imidazole rings is 1. The number of carbonyl (C=O) groups is 3. The molecule has 2 N–H and O–H groups in total. The van der Waals surface area contributed by atoms with E-state index in [-0.39, 0.29) is 52.6 Å². The lowest BCUT2D eigenvalue weighted by atomic mass is 9.87. The molecule has 2 atom stereocenters. The Morgan fingerprint density at radius 2 is 1.57 bits per heavy atom. The van der Waals surface area contributed by atoms with Crippen molar-refractivity contribution in [3.8, 4) is 5.69 Å². The summed E-state index contributed by atoms with van der Waals surface area (Å²) in [5, 5.41) is 6.28. The number of halogens is 2. The predicted molar refractivity (Wildman–Crippen MR) is 270 cm³/mol. The Morgan fingerprint density at radius 1 is 0.806 bits per heavy atom. The molecule has 4 saturated heterocycles. The number of benzene rings is 2. The van der Waals surface area contributed by atoms with Crippen molar-refractivity contribution in [2.45, 2.75) is 95.4 Å². The lowest BCUT2D eigenvalue weighted by Crippen LogP contribution is -2.53. The second kappa shape index (κ2) is 19.5. The van der Waals surface area contributed by atoms with Crippen molar-refractivity contribution in [1.82, 2.24) is 48.2 Å². The highest BCUT2D eigenvalue weighted by Crippen LogP contribution is 2.38. The van der Waals surface area contributed by atoms with Crippen LogP contribution in [0.1, 0.15) is 103 Å². The lowest BCUT2D eigenvalue weighted by molar-refractivity contribution is -0.135. The Hall–Kier alpha value is -6.50. The third-order valence-electron chi connectivity index (χ3n) is 16.2. The van der Waals surface area contributed by atoms with Crippen molar-refractivity contribution in [3.05, 3.63) is 122 Å². The molecule has 0 bridgehead atoms. The highest BCUT2D eigenvalue weighted by atomic mass is 19.1. The third kappa shape index (κ3) is 9.17. The Bertz CT molecular complexity index is 3190. The zero-order chi connectivity index (χ0) is 49.9. The van der Waals surface area contributed by atoms with Gasteiger partial charge in [-0.15, -0.1) is 0 Å². The fourth-order valence-corrected chi connectivity index (χ4v) is 12.0. The van der Waals surface area contributed by atoms with Crippen molar-refractivity contribution in [1.29, 1.82) is 0 Å². The number of hydrogen-bond donors (Lipinski definition) is 2. The van der Waals surface area contributed by atoms with Crippen molar-refractivity contribution in [2.75, 3.05) is 64.7 Å². The third-order valence-corrected chi connectivity index (χ3v) is 16.2. The molecule has 16 nitrogen and oxygen atoms in total. The number of aromatic nitrogens is 5. The van der Waals surface area contributed by atoms with Crippen LogP contribution in [0.4, 0.5) is 14.5 Å². The number of aryl methyl sites for hydroxylation is 1. The summed E-state index contributed by atoms with van der Waals surface area (Å²) in [7, 11) is 3.74. The molecular formula is C54H63F2N11O5. The molecule has 2 aromatic carbocycles. The van der Waals surface area contributed by atoms with Crippen molar-refractivity contribution in [3.63, 3.8) is 0 Å². The van der Waals surface area contributed by atoms with Crippen molar-refractivity contribution in [2.24, 2.45) is 13.0 Å². The van der Waals surface area contributed by atoms with Gasteiger partial charge in [-0.05, 0) is 125 Å². The van der Waals surface area contributed by atoms with E-state index in [9.17, 15) is 24.0 Å². The lowest BCUT2D eigenvalue weighted by Gasteiger charge is -2.42. The molecule has 72 heavy (non-hydrogen) atoms. The van der Waals surface area contributed by atoms with E-state index in [4.69, 9.17) is 0 Å². The summed E-state index contributed by atoms with van der Waals surface area (Å²) in [4.78, 5) is 78.7. The number of nitrogens with zero attached hydrogens (tertiary/aromatic N) is 9. The zero-order valence-electron chi connectivity index (χ0n) is 41.3. The highest BCUT2D eigenvalue weighted by molar-refractivity contribution is 6.00. The predicted octanol–water partition coefficient (Wildman–Crippen LogP) is 5.91. The summed E-state index contributed by atoms with van der Waals surface area (Å²) in [6.07, 6.45) is 8.65. The van der Waals surface area contributed by atoms with Gasteiger partial charge in [0.25, 0.3) is 11.5 Å². The zero-order valence-corrected chi connectivity index (χ0v) is 41.3. The number of anilines is 1. The van der Waals surface area contributed by atoms with Gasteiger partial charge >= 0.3 is 5.69 Å². The summed E-state index contributed by atoms with van der Waals surface area (Å²) in [6.45, 7) is 9.60. The maximum Gasteiger partial charge on any atom is 0.330 e. The summed E-state index contributed by atoms with van der Waals surface area (Å²) < 4.78 is 38.9. The number of rotatable bonds is 12. The Balaban J connectivity index is 0.660. The van der Waals surface area contributed by atoms with E-state index in [2.05, 4.69) is 55.4 Å². The minimum Gasteiger partial charge on any atom is -0.388 e. The molecule has 0 radical (unpaired) electrons. The molecule has 3 amide bonds. The molecule has 5 fully saturated rings. The molecule has 4 aromatic heterocycles. The summed E-state index contributed by atoms with van der Waals surface area (Å²) >= 11 is 0. The van der Waals surface area contributed by atoms with E-state index < -0.39 is 23.6 Å². The number of imide groups is 1.